The van der Waals surface area contributed by atoms with E-state index in [2.05, 4.69) is 10.2 Å². The number of hydrogen-bond acceptors (Lipinski definition) is 6. The third kappa shape index (κ3) is 4.53. The molecule has 1 aromatic heterocycles. The van der Waals surface area contributed by atoms with Crippen molar-refractivity contribution in [3.05, 3.63) is 64.8 Å². The summed E-state index contributed by atoms with van der Waals surface area (Å²) in [4.78, 5) is 12.7. The van der Waals surface area contributed by atoms with Gasteiger partial charge in [0.1, 0.15) is 10.7 Å². The molecule has 0 saturated heterocycles. The lowest BCUT2D eigenvalue weighted by atomic mass is 10.2. The molecular formula is C18H13FN2O3S2. The smallest absolute Gasteiger partial charge is 0.342 e. The Balaban J connectivity index is 1.81. The van der Waals surface area contributed by atoms with Gasteiger partial charge in [-0.2, -0.15) is 0 Å². The topological polar surface area (TPSA) is 76.2 Å². The summed E-state index contributed by atoms with van der Waals surface area (Å²) in [5.74, 6) is -1.27. The number of carboxylic acid groups (broad SMARTS) is 1. The number of rotatable bonds is 6. The Bertz CT molecular complexity index is 938. The minimum atomic E-state index is -1.09. The van der Waals surface area contributed by atoms with Crippen LogP contribution in [0.2, 0.25) is 0 Å². The number of hydrogen-bond donors (Lipinski definition) is 1. The van der Waals surface area contributed by atoms with Crippen LogP contribution >= 0.6 is 23.5 Å². The van der Waals surface area contributed by atoms with Crippen molar-refractivity contribution < 1.29 is 18.7 Å². The third-order valence-corrected chi connectivity index (χ3v) is 4.91. The number of nitrogens with zero attached hydrogens (tertiary/aromatic N) is 2. The average molecular weight is 388 g/mol. The minimum absolute atomic E-state index is 0.0520. The predicted octanol–water partition coefficient (Wildman–Crippen LogP) is 4.82. The highest BCUT2D eigenvalue weighted by molar-refractivity contribution is 8.03. The first-order chi connectivity index (χ1) is 12.5. The van der Waals surface area contributed by atoms with E-state index in [1.807, 2.05) is 30.5 Å². The second-order valence-corrected chi connectivity index (χ2v) is 6.94. The van der Waals surface area contributed by atoms with Crippen LogP contribution < -0.4 is 0 Å². The second kappa shape index (κ2) is 8.20. The number of carboxylic acids is 1. The molecule has 0 aliphatic rings. The van der Waals surface area contributed by atoms with E-state index < -0.39 is 5.97 Å². The summed E-state index contributed by atoms with van der Waals surface area (Å²) in [6.45, 7) is 0. The molecule has 1 heterocycles. The molecule has 3 rings (SSSR count). The van der Waals surface area contributed by atoms with E-state index in [1.54, 1.807) is 17.8 Å². The summed E-state index contributed by atoms with van der Waals surface area (Å²) in [6.07, 6.45) is 3.51. The van der Waals surface area contributed by atoms with Crippen molar-refractivity contribution >= 4 is 35.6 Å². The quantitative estimate of drug-likeness (QED) is 0.479. The first kappa shape index (κ1) is 18.2. The number of aliphatic carboxylic acids is 1. The van der Waals surface area contributed by atoms with Crippen LogP contribution in [-0.4, -0.2) is 27.5 Å². The largest absolute Gasteiger partial charge is 0.477 e. The fraction of sp³-hybridized carbons (Fsp3) is 0.0556. The molecule has 0 radical (unpaired) electrons. The molecule has 1 N–H and O–H groups in total. The molecule has 5 nitrogen and oxygen atoms in total. The van der Waals surface area contributed by atoms with Crippen LogP contribution in [0.5, 0.6) is 0 Å². The molecule has 8 heteroatoms. The zero-order valence-electron chi connectivity index (χ0n) is 13.5. The van der Waals surface area contributed by atoms with E-state index in [1.165, 1.54) is 24.3 Å². The van der Waals surface area contributed by atoms with Gasteiger partial charge < -0.3 is 9.52 Å². The summed E-state index contributed by atoms with van der Waals surface area (Å²) >= 11 is 2.47. The highest BCUT2D eigenvalue weighted by atomic mass is 32.2. The molecule has 0 unspecified atom stereocenters. The first-order valence-electron chi connectivity index (χ1n) is 7.41. The maximum absolute atomic E-state index is 13.0. The monoisotopic (exact) mass is 388 g/mol. The van der Waals surface area contributed by atoms with Crippen molar-refractivity contribution in [2.45, 2.75) is 10.1 Å². The molecule has 2 aromatic carbocycles. The number of carbonyl (C=O) groups is 1. The van der Waals surface area contributed by atoms with Crippen molar-refractivity contribution in [3.63, 3.8) is 0 Å². The average Bonchev–Trinajstić information content (AvgIpc) is 3.11. The number of aromatic nitrogens is 2. The SMILES string of the molecule is CSc1ccc(/C=C(/Sc2nnc(-c3ccc(F)cc3)o2)C(=O)O)cc1. The van der Waals surface area contributed by atoms with Gasteiger partial charge in [-0.05, 0) is 66.1 Å². The van der Waals surface area contributed by atoms with Crippen LogP contribution in [-0.2, 0) is 4.79 Å². The van der Waals surface area contributed by atoms with E-state index in [0.717, 1.165) is 22.2 Å². The van der Waals surface area contributed by atoms with Gasteiger partial charge in [-0.25, -0.2) is 9.18 Å². The Kier molecular flexibility index (Phi) is 5.75. The Morgan fingerprint density at radius 2 is 1.81 bits per heavy atom. The molecule has 0 spiro atoms. The van der Waals surface area contributed by atoms with Gasteiger partial charge in [0.05, 0.1) is 0 Å². The van der Waals surface area contributed by atoms with Gasteiger partial charge in [0.15, 0.2) is 0 Å². The van der Waals surface area contributed by atoms with Crippen LogP contribution in [0.15, 0.2) is 68.0 Å². The van der Waals surface area contributed by atoms with Gasteiger partial charge in [-0.3, -0.25) is 0 Å². The lowest BCUT2D eigenvalue weighted by molar-refractivity contribution is -0.131. The molecular weight excluding hydrogens is 375 g/mol. The van der Waals surface area contributed by atoms with Crippen LogP contribution in [0.25, 0.3) is 17.5 Å². The molecule has 0 atom stereocenters. The number of benzene rings is 2. The van der Waals surface area contributed by atoms with Gasteiger partial charge in [0.25, 0.3) is 5.22 Å². The summed E-state index contributed by atoms with van der Waals surface area (Å²) in [5, 5.41) is 17.2. The van der Waals surface area contributed by atoms with Crippen LogP contribution in [0.1, 0.15) is 5.56 Å². The van der Waals surface area contributed by atoms with E-state index in [9.17, 15) is 14.3 Å². The van der Waals surface area contributed by atoms with E-state index in [4.69, 9.17) is 4.42 Å². The molecule has 0 fully saturated rings. The molecule has 0 aliphatic heterocycles. The fourth-order valence-electron chi connectivity index (χ4n) is 2.04. The third-order valence-electron chi connectivity index (χ3n) is 3.32. The zero-order valence-corrected chi connectivity index (χ0v) is 15.2. The van der Waals surface area contributed by atoms with Crippen LogP contribution in [0.4, 0.5) is 4.39 Å². The maximum Gasteiger partial charge on any atom is 0.342 e. The molecule has 3 aromatic rings. The van der Waals surface area contributed by atoms with E-state index in [0.29, 0.717) is 5.56 Å². The molecule has 26 heavy (non-hydrogen) atoms. The van der Waals surface area contributed by atoms with Gasteiger partial charge >= 0.3 is 5.97 Å². The van der Waals surface area contributed by atoms with Crippen LogP contribution in [0, 0.1) is 5.82 Å². The van der Waals surface area contributed by atoms with Crippen molar-refractivity contribution in [3.8, 4) is 11.5 Å². The van der Waals surface area contributed by atoms with Crippen molar-refractivity contribution in [1.29, 1.82) is 0 Å². The van der Waals surface area contributed by atoms with Gasteiger partial charge in [-0.15, -0.1) is 22.0 Å². The predicted molar refractivity (Wildman–Crippen MR) is 99.4 cm³/mol. The van der Waals surface area contributed by atoms with Gasteiger partial charge in [-0.1, -0.05) is 12.1 Å². The second-order valence-electron chi connectivity index (χ2n) is 5.07. The first-order valence-corrected chi connectivity index (χ1v) is 9.45. The van der Waals surface area contributed by atoms with E-state index >= 15 is 0 Å². The Labute approximate surface area is 157 Å². The zero-order chi connectivity index (χ0) is 18.5. The molecule has 0 bridgehead atoms. The normalized spacial score (nSPS) is 11.5. The van der Waals surface area contributed by atoms with E-state index in [-0.39, 0.29) is 21.8 Å². The highest BCUT2D eigenvalue weighted by Gasteiger charge is 2.16. The maximum atomic E-state index is 13.0. The number of thioether (sulfide) groups is 2. The van der Waals surface area contributed by atoms with Crippen LogP contribution in [0.3, 0.4) is 0 Å². The minimum Gasteiger partial charge on any atom is -0.477 e. The van der Waals surface area contributed by atoms with Crippen molar-refractivity contribution in [2.24, 2.45) is 0 Å². The molecule has 0 saturated carbocycles. The summed E-state index contributed by atoms with van der Waals surface area (Å²) in [6, 6.07) is 13.1. The van der Waals surface area contributed by atoms with Crippen molar-refractivity contribution in [2.75, 3.05) is 6.26 Å². The lowest BCUT2D eigenvalue weighted by Gasteiger charge is -2.00. The fourth-order valence-corrected chi connectivity index (χ4v) is 3.12. The standard InChI is InChI=1S/C18H13FN2O3S2/c1-25-14-8-2-11(3-9-14)10-15(17(22)23)26-18-21-20-16(24-18)12-4-6-13(19)7-5-12/h2-10H,1H3,(H,22,23)/b15-10+. The molecule has 0 aliphatic carbocycles. The Hall–Kier alpha value is -2.58. The summed E-state index contributed by atoms with van der Waals surface area (Å²) in [7, 11) is 0. The summed E-state index contributed by atoms with van der Waals surface area (Å²) < 4.78 is 18.5. The highest BCUT2D eigenvalue weighted by Crippen LogP contribution is 2.30. The Morgan fingerprint density at radius 3 is 2.42 bits per heavy atom. The van der Waals surface area contributed by atoms with Gasteiger partial charge in [0.2, 0.25) is 5.89 Å². The lowest BCUT2D eigenvalue weighted by Crippen LogP contribution is -1.96. The Morgan fingerprint density at radius 1 is 1.12 bits per heavy atom. The molecule has 132 valence electrons. The van der Waals surface area contributed by atoms with Crippen molar-refractivity contribution in [1.82, 2.24) is 10.2 Å². The summed E-state index contributed by atoms with van der Waals surface area (Å²) in [5.41, 5.74) is 1.31. The number of halogens is 1. The molecule has 0 amide bonds. The van der Waals surface area contributed by atoms with Gasteiger partial charge in [0, 0.05) is 10.5 Å².